The van der Waals surface area contributed by atoms with Gasteiger partial charge in [-0.1, -0.05) is 54.6 Å². The number of amides is 2. The number of benzene rings is 4. The summed E-state index contributed by atoms with van der Waals surface area (Å²) in [4.78, 5) is 29.6. The lowest BCUT2D eigenvalue weighted by molar-refractivity contribution is -0.131. The van der Waals surface area contributed by atoms with Gasteiger partial charge < -0.3 is 24.3 Å². The van der Waals surface area contributed by atoms with Crippen molar-refractivity contribution in [2.24, 2.45) is 0 Å². The summed E-state index contributed by atoms with van der Waals surface area (Å²) in [5, 5.41) is 3.01. The molecule has 4 aromatic rings. The molecule has 0 saturated heterocycles. The van der Waals surface area contributed by atoms with Gasteiger partial charge in [-0.25, -0.2) is 0 Å². The van der Waals surface area contributed by atoms with E-state index < -0.39 is 18.1 Å². The predicted molar refractivity (Wildman–Crippen MR) is 151 cm³/mol. The molecule has 0 aromatic heterocycles. The van der Waals surface area contributed by atoms with Crippen LogP contribution in [0.3, 0.4) is 0 Å². The number of nitrogens with one attached hydrogen (secondary N) is 1. The van der Waals surface area contributed by atoms with Crippen LogP contribution in [0.1, 0.15) is 17.2 Å². The van der Waals surface area contributed by atoms with Crippen molar-refractivity contribution in [3.05, 3.63) is 114 Å². The summed E-state index contributed by atoms with van der Waals surface area (Å²) in [6, 6.07) is 29.8. The van der Waals surface area contributed by atoms with Crippen LogP contribution in [-0.4, -0.2) is 38.7 Å². The number of fused-ring (bicyclic) bond motifs is 1. The van der Waals surface area contributed by atoms with Gasteiger partial charge in [0.05, 0.1) is 14.2 Å². The SMILES string of the molecule is COc1ccc(CNC(=O)[C@@H](c2ccc(OC)cc2)N(C(=O)[C@@H]2COc3ccccc3O2)c2ccccc2)cc1. The number of carbonyl (C=O) groups excluding carboxylic acids is 2. The van der Waals surface area contributed by atoms with Crippen LogP contribution in [-0.2, 0) is 16.1 Å². The highest BCUT2D eigenvalue weighted by molar-refractivity contribution is 6.03. The summed E-state index contributed by atoms with van der Waals surface area (Å²) in [5.41, 5.74) is 2.05. The molecular formula is C32H30N2O6. The van der Waals surface area contributed by atoms with E-state index in [9.17, 15) is 9.59 Å². The van der Waals surface area contributed by atoms with E-state index in [1.54, 1.807) is 62.8 Å². The molecule has 204 valence electrons. The normalized spacial score (nSPS) is 14.5. The zero-order valence-corrected chi connectivity index (χ0v) is 22.3. The molecule has 40 heavy (non-hydrogen) atoms. The molecule has 1 heterocycles. The number of ether oxygens (including phenoxy) is 4. The number of carbonyl (C=O) groups is 2. The van der Waals surface area contributed by atoms with E-state index in [1.807, 2.05) is 54.6 Å². The topological polar surface area (TPSA) is 86.3 Å². The Morgan fingerprint density at radius 3 is 2.08 bits per heavy atom. The van der Waals surface area contributed by atoms with Crippen molar-refractivity contribution in [3.8, 4) is 23.0 Å². The van der Waals surface area contributed by atoms with Crippen molar-refractivity contribution in [1.82, 2.24) is 5.32 Å². The molecule has 8 nitrogen and oxygen atoms in total. The Labute approximate surface area is 233 Å². The number of para-hydroxylation sites is 3. The summed E-state index contributed by atoms with van der Waals surface area (Å²) in [6.45, 7) is 0.282. The first-order valence-electron chi connectivity index (χ1n) is 12.9. The van der Waals surface area contributed by atoms with Crippen LogP contribution in [0.2, 0.25) is 0 Å². The highest BCUT2D eigenvalue weighted by atomic mass is 16.6. The average molecular weight is 539 g/mol. The molecule has 8 heteroatoms. The van der Waals surface area contributed by atoms with Crippen LogP contribution in [0, 0.1) is 0 Å². The van der Waals surface area contributed by atoms with E-state index >= 15 is 0 Å². The third kappa shape index (κ3) is 5.86. The molecule has 2 atom stereocenters. The molecule has 0 saturated carbocycles. The lowest BCUT2D eigenvalue weighted by atomic mass is 10.0. The van der Waals surface area contributed by atoms with Gasteiger partial charge in [0.2, 0.25) is 12.0 Å². The minimum atomic E-state index is -1.00. The van der Waals surface area contributed by atoms with E-state index in [-0.39, 0.29) is 19.1 Å². The molecule has 0 spiro atoms. The maximum Gasteiger partial charge on any atom is 0.272 e. The second-order valence-electron chi connectivity index (χ2n) is 9.15. The van der Waals surface area contributed by atoms with Gasteiger partial charge in [-0.2, -0.15) is 0 Å². The van der Waals surface area contributed by atoms with E-state index in [2.05, 4.69) is 5.32 Å². The quantitative estimate of drug-likeness (QED) is 0.325. The number of hydrogen-bond donors (Lipinski definition) is 1. The fourth-order valence-electron chi connectivity index (χ4n) is 4.52. The Bertz CT molecular complexity index is 1440. The van der Waals surface area contributed by atoms with Gasteiger partial charge in [-0.05, 0) is 59.7 Å². The van der Waals surface area contributed by atoms with Crippen molar-refractivity contribution in [3.63, 3.8) is 0 Å². The fourth-order valence-corrected chi connectivity index (χ4v) is 4.52. The summed E-state index contributed by atoms with van der Waals surface area (Å²) in [7, 11) is 3.18. The van der Waals surface area contributed by atoms with Crippen LogP contribution >= 0.6 is 0 Å². The van der Waals surface area contributed by atoms with Crippen molar-refractivity contribution >= 4 is 17.5 Å². The molecular weight excluding hydrogens is 508 g/mol. The monoisotopic (exact) mass is 538 g/mol. The summed E-state index contributed by atoms with van der Waals surface area (Å²) >= 11 is 0. The number of methoxy groups -OCH3 is 2. The van der Waals surface area contributed by atoms with Crippen molar-refractivity contribution in [2.45, 2.75) is 18.7 Å². The maximum absolute atomic E-state index is 14.2. The zero-order chi connectivity index (χ0) is 27.9. The second-order valence-corrected chi connectivity index (χ2v) is 9.15. The molecule has 1 N–H and O–H groups in total. The Morgan fingerprint density at radius 1 is 0.825 bits per heavy atom. The minimum Gasteiger partial charge on any atom is -0.497 e. The van der Waals surface area contributed by atoms with Crippen molar-refractivity contribution in [2.75, 3.05) is 25.7 Å². The third-order valence-corrected chi connectivity index (χ3v) is 6.62. The van der Waals surface area contributed by atoms with Crippen molar-refractivity contribution < 1.29 is 28.5 Å². The molecule has 0 unspecified atom stereocenters. The minimum absolute atomic E-state index is 0.0159. The molecule has 1 aliphatic rings. The summed E-state index contributed by atoms with van der Waals surface area (Å²) in [5.74, 6) is 1.66. The fraction of sp³-hybridized carbons (Fsp3) is 0.188. The van der Waals surface area contributed by atoms with Gasteiger partial charge >= 0.3 is 0 Å². The average Bonchev–Trinajstić information content (AvgIpc) is 3.02. The van der Waals surface area contributed by atoms with Gasteiger partial charge in [0.15, 0.2) is 11.5 Å². The Balaban J connectivity index is 1.50. The molecule has 4 aromatic carbocycles. The molecule has 5 rings (SSSR count). The number of anilines is 1. The van der Waals surface area contributed by atoms with Crippen LogP contribution in [0.5, 0.6) is 23.0 Å². The zero-order valence-electron chi connectivity index (χ0n) is 22.3. The summed E-state index contributed by atoms with van der Waals surface area (Å²) < 4.78 is 22.5. The lowest BCUT2D eigenvalue weighted by Gasteiger charge is -2.35. The Kier molecular flexibility index (Phi) is 8.15. The van der Waals surface area contributed by atoms with Gasteiger partial charge in [0, 0.05) is 12.2 Å². The van der Waals surface area contributed by atoms with E-state index in [4.69, 9.17) is 18.9 Å². The standard InChI is InChI=1S/C32H30N2O6/c1-37-25-16-12-22(13-17-25)20-33-31(35)30(23-14-18-26(38-2)19-15-23)34(24-8-4-3-5-9-24)32(36)29-21-39-27-10-6-7-11-28(27)40-29/h3-19,29-30H,20-21H2,1-2H3,(H,33,35)/t29-,30+/m0/s1. The largest absolute Gasteiger partial charge is 0.497 e. The molecule has 0 fully saturated rings. The maximum atomic E-state index is 14.2. The Hall–Kier alpha value is -4.98. The first-order valence-corrected chi connectivity index (χ1v) is 12.9. The van der Waals surface area contributed by atoms with Crippen LogP contribution in [0.25, 0.3) is 0 Å². The van der Waals surface area contributed by atoms with E-state index in [0.717, 1.165) is 11.3 Å². The molecule has 2 amide bonds. The van der Waals surface area contributed by atoms with Crippen LogP contribution in [0.4, 0.5) is 5.69 Å². The first kappa shape index (κ1) is 26.6. The highest BCUT2D eigenvalue weighted by Crippen LogP contribution is 2.34. The number of hydrogen-bond acceptors (Lipinski definition) is 6. The highest BCUT2D eigenvalue weighted by Gasteiger charge is 2.39. The van der Waals surface area contributed by atoms with Gasteiger partial charge in [-0.15, -0.1) is 0 Å². The van der Waals surface area contributed by atoms with E-state index in [0.29, 0.717) is 28.5 Å². The van der Waals surface area contributed by atoms with Gasteiger partial charge in [0.25, 0.3) is 5.91 Å². The number of rotatable bonds is 9. The molecule has 0 bridgehead atoms. The summed E-state index contributed by atoms with van der Waals surface area (Å²) in [6.07, 6.45) is -0.953. The third-order valence-electron chi connectivity index (χ3n) is 6.62. The van der Waals surface area contributed by atoms with Gasteiger partial charge in [-0.3, -0.25) is 14.5 Å². The molecule has 1 aliphatic heterocycles. The first-order chi connectivity index (χ1) is 19.6. The predicted octanol–water partition coefficient (Wildman–Crippen LogP) is 4.93. The van der Waals surface area contributed by atoms with E-state index in [1.165, 1.54) is 4.90 Å². The lowest BCUT2D eigenvalue weighted by Crippen LogP contribution is -2.51. The Morgan fingerprint density at radius 2 is 1.43 bits per heavy atom. The molecule has 0 aliphatic carbocycles. The van der Waals surface area contributed by atoms with Crippen LogP contribution < -0.4 is 29.2 Å². The smallest absolute Gasteiger partial charge is 0.272 e. The van der Waals surface area contributed by atoms with Crippen LogP contribution in [0.15, 0.2) is 103 Å². The molecule has 0 radical (unpaired) electrons. The number of nitrogens with zero attached hydrogens (tertiary/aromatic N) is 1. The second kappa shape index (κ2) is 12.3. The van der Waals surface area contributed by atoms with Gasteiger partial charge in [0.1, 0.15) is 24.1 Å². The van der Waals surface area contributed by atoms with Crippen molar-refractivity contribution in [1.29, 1.82) is 0 Å².